The summed E-state index contributed by atoms with van der Waals surface area (Å²) in [5, 5.41) is 0.852. The highest BCUT2D eigenvalue weighted by atomic mass is 16.5. The lowest BCUT2D eigenvalue weighted by molar-refractivity contribution is 0.147. The number of aromatic nitrogens is 1. The Labute approximate surface area is 129 Å². The molecule has 0 unspecified atom stereocenters. The Morgan fingerprint density at radius 3 is 2.82 bits per heavy atom. The van der Waals surface area contributed by atoms with Crippen LogP contribution in [0, 0.1) is 0 Å². The monoisotopic (exact) mass is 300 g/mol. The van der Waals surface area contributed by atoms with Crippen molar-refractivity contribution in [2.45, 2.75) is 0 Å². The number of aliphatic imine (C=N–C) groups is 1. The second-order valence-electron chi connectivity index (χ2n) is 4.63. The van der Waals surface area contributed by atoms with Crippen molar-refractivity contribution in [1.29, 1.82) is 0 Å². The summed E-state index contributed by atoms with van der Waals surface area (Å²) in [6.45, 7) is 0.935. The molecule has 22 heavy (non-hydrogen) atoms. The molecule has 2 aromatic rings. The van der Waals surface area contributed by atoms with Gasteiger partial charge >= 0.3 is 0 Å². The highest BCUT2D eigenvalue weighted by Gasteiger charge is 2.10. The molecule has 0 atom stereocenters. The van der Waals surface area contributed by atoms with E-state index in [0.717, 1.165) is 16.5 Å². The first kappa shape index (κ1) is 15.8. The van der Waals surface area contributed by atoms with Crippen LogP contribution in [0.3, 0.4) is 0 Å². The predicted octanol–water partition coefficient (Wildman–Crippen LogP) is 1.84. The molecular weight excluding hydrogens is 280 g/mol. The zero-order chi connectivity index (χ0) is 15.9. The molecule has 1 heterocycles. The number of anilines is 1. The number of benzene rings is 1. The summed E-state index contributed by atoms with van der Waals surface area (Å²) >= 11 is 0. The third-order valence-corrected chi connectivity index (χ3v) is 3.08. The van der Waals surface area contributed by atoms with Gasteiger partial charge < -0.3 is 20.9 Å². The molecule has 0 radical (unpaired) electrons. The van der Waals surface area contributed by atoms with Crippen LogP contribution in [0.25, 0.3) is 16.5 Å². The van der Waals surface area contributed by atoms with Crippen LogP contribution in [-0.4, -0.2) is 38.6 Å². The van der Waals surface area contributed by atoms with E-state index >= 15 is 0 Å². The van der Waals surface area contributed by atoms with E-state index in [1.807, 2.05) is 18.2 Å². The third kappa shape index (κ3) is 3.53. The number of fused-ring (bicyclic) bond motifs is 1. The SMILES string of the molecule is CN=C/C(=C\N)c1cc(OCCOC)c2cc(N)ccc2n1. The Morgan fingerprint density at radius 1 is 1.32 bits per heavy atom. The van der Waals surface area contributed by atoms with Gasteiger partial charge in [-0.15, -0.1) is 0 Å². The van der Waals surface area contributed by atoms with Crippen molar-refractivity contribution in [3.8, 4) is 5.75 Å². The summed E-state index contributed by atoms with van der Waals surface area (Å²) in [4.78, 5) is 8.58. The fourth-order valence-electron chi connectivity index (χ4n) is 2.05. The number of nitrogen functional groups attached to an aromatic ring is 1. The van der Waals surface area contributed by atoms with Gasteiger partial charge in [-0.1, -0.05) is 0 Å². The molecule has 0 aliphatic rings. The van der Waals surface area contributed by atoms with Crippen molar-refractivity contribution in [2.75, 3.05) is 33.1 Å². The summed E-state index contributed by atoms with van der Waals surface area (Å²) in [6, 6.07) is 7.33. The van der Waals surface area contributed by atoms with Crippen LogP contribution >= 0.6 is 0 Å². The predicted molar refractivity (Wildman–Crippen MR) is 90.1 cm³/mol. The van der Waals surface area contributed by atoms with E-state index < -0.39 is 0 Å². The Bertz CT molecular complexity index is 711. The van der Waals surface area contributed by atoms with Crippen molar-refractivity contribution in [1.82, 2.24) is 4.98 Å². The van der Waals surface area contributed by atoms with Crippen molar-refractivity contribution in [3.63, 3.8) is 0 Å². The molecule has 0 fully saturated rings. The van der Waals surface area contributed by atoms with Gasteiger partial charge in [-0.3, -0.25) is 4.99 Å². The molecular formula is C16H20N4O2. The maximum atomic E-state index is 5.86. The zero-order valence-corrected chi connectivity index (χ0v) is 12.7. The van der Waals surface area contributed by atoms with E-state index in [1.54, 1.807) is 26.4 Å². The summed E-state index contributed by atoms with van der Waals surface area (Å²) < 4.78 is 10.8. The molecule has 0 aliphatic heterocycles. The topological polar surface area (TPSA) is 95.8 Å². The highest BCUT2D eigenvalue weighted by molar-refractivity contribution is 6.09. The molecule has 0 aliphatic carbocycles. The third-order valence-electron chi connectivity index (χ3n) is 3.08. The summed E-state index contributed by atoms with van der Waals surface area (Å²) in [5.74, 6) is 0.688. The van der Waals surface area contributed by atoms with Crippen LogP contribution in [0.2, 0.25) is 0 Å². The summed E-state index contributed by atoms with van der Waals surface area (Å²) in [6.07, 6.45) is 3.13. The Morgan fingerprint density at radius 2 is 2.14 bits per heavy atom. The van der Waals surface area contributed by atoms with Crippen LogP contribution in [0.1, 0.15) is 5.69 Å². The van der Waals surface area contributed by atoms with E-state index in [1.165, 1.54) is 6.20 Å². The molecule has 6 heteroatoms. The minimum Gasteiger partial charge on any atom is -0.490 e. The molecule has 0 spiro atoms. The van der Waals surface area contributed by atoms with Gasteiger partial charge in [0.2, 0.25) is 0 Å². The highest BCUT2D eigenvalue weighted by Crippen LogP contribution is 2.29. The van der Waals surface area contributed by atoms with Crippen molar-refractivity contribution < 1.29 is 9.47 Å². The number of nitrogens with zero attached hydrogens (tertiary/aromatic N) is 2. The maximum absolute atomic E-state index is 5.86. The number of methoxy groups -OCH3 is 1. The second-order valence-corrected chi connectivity index (χ2v) is 4.63. The fourth-order valence-corrected chi connectivity index (χ4v) is 2.05. The molecule has 0 bridgehead atoms. The molecule has 6 nitrogen and oxygen atoms in total. The summed E-state index contributed by atoms with van der Waals surface area (Å²) in [5.41, 5.74) is 14.4. The van der Waals surface area contributed by atoms with Crippen molar-refractivity contribution >= 4 is 28.4 Å². The molecule has 1 aromatic carbocycles. The van der Waals surface area contributed by atoms with Gasteiger partial charge in [0.05, 0.1) is 17.8 Å². The maximum Gasteiger partial charge on any atom is 0.131 e. The Kier molecular flexibility index (Phi) is 5.32. The minimum absolute atomic E-state index is 0.438. The van der Waals surface area contributed by atoms with Crippen LogP contribution < -0.4 is 16.2 Å². The fraction of sp³-hybridized carbons (Fsp3) is 0.250. The smallest absolute Gasteiger partial charge is 0.131 e. The van der Waals surface area contributed by atoms with E-state index in [-0.39, 0.29) is 0 Å². The quantitative estimate of drug-likeness (QED) is 0.482. The lowest BCUT2D eigenvalue weighted by Crippen LogP contribution is -2.06. The van der Waals surface area contributed by atoms with Gasteiger partial charge in [0.15, 0.2) is 0 Å². The molecule has 2 rings (SSSR count). The number of allylic oxidation sites excluding steroid dienone is 1. The number of rotatable bonds is 6. The van der Waals surface area contributed by atoms with E-state index in [9.17, 15) is 0 Å². The first-order valence-corrected chi connectivity index (χ1v) is 6.86. The zero-order valence-electron chi connectivity index (χ0n) is 12.7. The van der Waals surface area contributed by atoms with Gasteiger partial charge in [0.1, 0.15) is 12.4 Å². The molecule has 4 N–H and O–H groups in total. The number of ether oxygens (including phenoxy) is 2. The largest absolute Gasteiger partial charge is 0.490 e. The lowest BCUT2D eigenvalue weighted by atomic mass is 10.1. The first-order chi connectivity index (χ1) is 10.7. The van der Waals surface area contributed by atoms with Gasteiger partial charge in [0, 0.05) is 49.3 Å². The standard InChI is InChI=1S/C16H20N4O2/c1-19-10-11(9-17)15-8-16(22-6-5-21-2)13-7-12(18)3-4-14(13)20-15/h3-4,7-10H,5-6,17-18H2,1-2H3/b11-9+,19-10?. The van der Waals surface area contributed by atoms with Crippen LogP contribution in [0.5, 0.6) is 5.75 Å². The lowest BCUT2D eigenvalue weighted by Gasteiger charge is -2.12. The number of nitrogens with two attached hydrogens (primary N) is 2. The van der Waals surface area contributed by atoms with Gasteiger partial charge in [0.25, 0.3) is 0 Å². The molecule has 0 saturated heterocycles. The van der Waals surface area contributed by atoms with Crippen molar-refractivity contribution in [2.24, 2.45) is 10.7 Å². The Hall–Kier alpha value is -2.60. The first-order valence-electron chi connectivity index (χ1n) is 6.86. The van der Waals surface area contributed by atoms with Gasteiger partial charge in [-0.25, -0.2) is 4.98 Å². The van der Waals surface area contributed by atoms with Gasteiger partial charge in [-0.05, 0) is 18.2 Å². The van der Waals surface area contributed by atoms with Gasteiger partial charge in [-0.2, -0.15) is 0 Å². The molecule has 0 amide bonds. The molecule has 0 saturated carbocycles. The molecule has 1 aromatic heterocycles. The van der Waals surface area contributed by atoms with Crippen LogP contribution in [-0.2, 0) is 4.74 Å². The second kappa shape index (κ2) is 7.42. The van der Waals surface area contributed by atoms with E-state index in [2.05, 4.69) is 9.98 Å². The number of hydrogen-bond acceptors (Lipinski definition) is 6. The van der Waals surface area contributed by atoms with Crippen LogP contribution in [0.15, 0.2) is 35.5 Å². The normalized spacial score (nSPS) is 12.2. The molecule has 116 valence electrons. The Balaban J connectivity index is 2.54. The van der Waals surface area contributed by atoms with Crippen LogP contribution in [0.4, 0.5) is 5.69 Å². The van der Waals surface area contributed by atoms with E-state index in [4.69, 9.17) is 20.9 Å². The average molecular weight is 300 g/mol. The van der Waals surface area contributed by atoms with E-state index in [0.29, 0.717) is 30.3 Å². The number of hydrogen-bond donors (Lipinski definition) is 2. The van der Waals surface area contributed by atoms with Crippen molar-refractivity contribution in [3.05, 3.63) is 36.2 Å². The average Bonchev–Trinajstić information content (AvgIpc) is 2.53. The number of pyridine rings is 1. The minimum atomic E-state index is 0.438. The summed E-state index contributed by atoms with van der Waals surface area (Å²) in [7, 11) is 3.31.